The molecule has 0 saturated heterocycles. The van der Waals surface area contributed by atoms with Gasteiger partial charge in [-0.3, -0.25) is 0 Å². The first-order valence-corrected chi connectivity index (χ1v) is 5.07. The Bertz CT molecular complexity index is 95.7. The number of alkyl halides is 1. The molecule has 1 atom stereocenters. The molecular formula is C9H18ClN. The predicted octanol–water partition coefficient (Wildman–Crippen LogP) is 2.39. The zero-order chi connectivity index (χ0) is 8.10. The van der Waals surface area contributed by atoms with Gasteiger partial charge in [0.25, 0.3) is 0 Å². The Labute approximate surface area is 74.5 Å². The lowest BCUT2D eigenvalue weighted by atomic mass is 10.3. The van der Waals surface area contributed by atoms with Gasteiger partial charge in [0.2, 0.25) is 0 Å². The largest absolute Gasteiger partial charge is 0.317 e. The maximum absolute atomic E-state index is 5.79. The lowest BCUT2D eigenvalue weighted by Crippen LogP contribution is -2.19. The lowest BCUT2D eigenvalue weighted by molar-refractivity contribution is 0.593. The van der Waals surface area contributed by atoms with Crippen LogP contribution >= 0.6 is 11.6 Å². The fourth-order valence-corrected chi connectivity index (χ4v) is 1.25. The molecule has 0 aromatic carbocycles. The highest BCUT2D eigenvalue weighted by Gasteiger charge is 2.19. The molecule has 1 saturated carbocycles. The van der Waals surface area contributed by atoms with Gasteiger partial charge in [0.15, 0.2) is 0 Å². The molecule has 0 spiro atoms. The third-order valence-electron chi connectivity index (χ3n) is 2.15. The predicted molar refractivity (Wildman–Crippen MR) is 50.1 cm³/mol. The van der Waals surface area contributed by atoms with Crippen molar-refractivity contribution in [3.63, 3.8) is 0 Å². The second-order valence-corrected chi connectivity index (χ2v) is 4.30. The molecule has 11 heavy (non-hydrogen) atoms. The molecule has 1 nitrogen and oxygen atoms in total. The van der Waals surface area contributed by atoms with Gasteiger partial charge < -0.3 is 5.32 Å². The van der Waals surface area contributed by atoms with Crippen molar-refractivity contribution in [3.8, 4) is 0 Å². The van der Waals surface area contributed by atoms with Gasteiger partial charge in [-0.25, -0.2) is 0 Å². The van der Waals surface area contributed by atoms with Crippen molar-refractivity contribution >= 4 is 11.6 Å². The van der Waals surface area contributed by atoms with Crippen LogP contribution in [0, 0.1) is 5.92 Å². The van der Waals surface area contributed by atoms with Crippen LogP contribution in [0.2, 0.25) is 0 Å². The minimum atomic E-state index is 0.323. The van der Waals surface area contributed by atoms with Gasteiger partial charge in [-0.15, -0.1) is 11.6 Å². The molecule has 0 bridgehead atoms. The van der Waals surface area contributed by atoms with Gasteiger partial charge in [0.05, 0.1) is 0 Å². The van der Waals surface area contributed by atoms with Crippen LogP contribution in [0.1, 0.15) is 32.6 Å². The van der Waals surface area contributed by atoms with E-state index in [1.807, 2.05) is 6.92 Å². The molecule has 2 heteroatoms. The van der Waals surface area contributed by atoms with Crippen molar-refractivity contribution in [2.45, 2.75) is 38.0 Å². The summed E-state index contributed by atoms with van der Waals surface area (Å²) in [4.78, 5) is 0. The molecule has 0 heterocycles. The first kappa shape index (κ1) is 9.34. The van der Waals surface area contributed by atoms with Gasteiger partial charge in [-0.1, -0.05) is 12.8 Å². The van der Waals surface area contributed by atoms with Crippen molar-refractivity contribution in [1.29, 1.82) is 0 Å². The van der Waals surface area contributed by atoms with Crippen molar-refractivity contribution in [2.24, 2.45) is 5.92 Å². The number of halogens is 1. The minimum absolute atomic E-state index is 0.323. The molecule has 1 fully saturated rings. The molecule has 1 aliphatic carbocycles. The topological polar surface area (TPSA) is 12.0 Å². The summed E-state index contributed by atoms with van der Waals surface area (Å²) in [6.07, 6.45) is 5.39. The Balaban J connectivity index is 1.73. The Kier molecular flexibility index (Phi) is 4.24. The highest BCUT2D eigenvalue weighted by atomic mass is 35.5. The van der Waals surface area contributed by atoms with Crippen molar-refractivity contribution in [2.75, 3.05) is 13.1 Å². The first-order valence-electron chi connectivity index (χ1n) is 4.64. The van der Waals surface area contributed by atoms with Gasteiger partial charge in [0, 0.05) is 5.38 Å². The zero-order valence-electron chi connectivity index (χ0n) is 7.28. The summed E-state index contributed by atoms with van der Waals surface area (Å²) in [7, 11) is 0. The summed E-state index contributed by atoms with van der Waals surface area (Å²) in [5.41, 5.74) is 0. The van der Waals surface area contributed by atoms with Crippen LogP contribution in [-0.2, 0) is 0 Å². The van der Waals surface area contributed by atoms with Crippen LogP contribution < -0.4 is 5.32 Å². The average molecular weight is 176 g/mol. The van der Waals surface area contributed by atoms with E-state index >= 15 is 0 Å². The Morgan fingerprint density at radius 3 is 2.73 bits per heavy atom. The molecule has 0 aliphatic heterocycles. The van der Waals surface area contributed by atoms with Crippen LogP contribution in [0.4, 0.5) is 0 Å². The number of nitrogens with one attached hydrogen (secondary N) is 1. The molecule has 1 unspecified atom stereocenters. The van der Waals surface area contributed by atoms with Crippen LogP contribution in [0.3, 0.4) is 0 Å². The second kappa shape index (κ2) is 5.00. The van der Waals surface area contributed by atoms with E-state index in [1.165, 1.54) is 25.8 Å². The Morgan fingerprint density at radius 1 is 1.45 bits per heavy atom. The molecule has 1 aliphatic rings. The van der Waals surface area contributed by atoms with Crippen molar-refractivity contribution in [3.05, 3.63) is 0 Å². The van der Waals surface area contributed by atoms with Crippen LogP contribution in [0.15, 0.2) is 0 Å². The fraction of sp³-hybridized carbons (Fsp3) is 1.00. The molecule has 0 aromatic heterocycles. The zero-order valence-corrected chi connectivity index (χ0v) is 8.03. The molecule has 1 N–H and O–H groups in total. The number of hydrogen-bond donors (Lipinski definition) is 1. The Morgan fingerprint density at radius 2 is 2.18 bits per heavy atom. The van der Waals surface area contributed by atoms with Gasteiger partial charge in [-0.05, 0) is 38.8 Å². The van der Waals surface area contributed by atoms with E-state index in [-0.39, 0.29) is 0 Å². The molecular weight excluding hydrogens is 158 g/mol. The van der Waals surface area contributed by atoms with Crippen molar-refractivity contribution in [1.82, 2.24) is 5.32 Å². The van der Waals surface area contributed by atoms with Crippen LogP contribution in [0.5, 0.6) is 0 Å². The summed E-state index contributed by atoms with van der Waals surface area (Å²) in [5.74, 6) is 1.05. The van der Waals surface area contributed by atoms with E-state index in [0.29, 0.717) is 5.38 Å². The summed E-state index contributed by atoms with van der Waals surface area (Å²) in [6, 6.07) is 0. The summed E-state index contributed by atoms with van der Waals surface area (Å²) in [6.45, 7) is 4.32. The van der Waals surface area contributed by atoms with E-state index in [4.69, 9.17) is 11.6 Å². The first-order chi connectivity index (χ1) is 5.29. The van der Waals surface area contributed by atoms with Gasteiger partial charge in [-0.2, -0.15) is 0 Å². The van der Waals surface area contributed by atoms with Gasteiger partial charge in [0.1, 0.15) is 0 Å². The normalized spacial score (nSPS) is 20.2. The third-order valence-corrected chi connectivity index (χ3v) is 2.36. The van der Waals surface area contributed by atoms with E-state index in [2.05, 4.69) is 5.32 Å². The number of rotatable bonds is 6. The van der Waals surface area contributed by atoms with Crippen molar-refractivity contribution < 1.29 is 0 Å². The second-order valence-electron chi connectivity index (χ2n) is 3.55. The summed E-state index contributed by atoms with van der Waals surface area (Å²) in [5, 5.41) is 3.73. The SMILES string of the molecule is CC(Cl)CCNCCC1CC1. The molecule has 0 radical (unpaired) electrons. The minimum Gasteiger partial charge on any atom is -0.317 e. The monoisotopic (exact) mass is 175 g/mol. The van der Waals surface area contributed by atoms with E-state index in [0.717, 1.165) is 18.9 Å². The van der Waals surface area contributed by atoms with E-state index < -0.39 is 0 Å². The highest BCUT2D eigenvalue weighted by Crippen LogP contribution is 2.31. The maximum Gasteiger partial charge on any atom is 0.0319 e. The average Bonchev–Trinajstić information content (AvgIpc) is 2.70. The maximum atomic E-state index is 5.79. The smallest absolute Gasteiger partial charge is 0.0319 e. The number of hydrogen-bond acceptors (Lipinski definition) is 1. The van der Waals surface area contributed by atoms with Gasteiger partial charge >= 0.3 is 0 Å². The van der Waals surface area contributed by atoms with E-state index in [1.54, 1.807) is 0 Å². The Hall–Kier alpha value is 0.250. The highest BCUT2D eigenvalue weighted by molar-refractivity contribution is 6.20. The molecule has 1 rings (SSSR count). The quantitative estimate of drug-likeness (QED) is 0.483. The molecule has 0 amide bonds. The standard InChI is InChI=1S/C9H18ClN/c1-8(10)4-6-11-7-5-9-2-3-9/h8-9,11H,2-7H2,1H3. The fourth-order valence-electron chi connectivity index (χ4n) is 1.14. The lowest BCUT2D eigenvalue weighted by Gasteiger charge is -2.04. The van der Waals surface area contributed by atoms with Crippen LogP contribution in [-0.4, -0.2) is 18.5 Å². The molecule has 66 valence electrons. The summed E-state index contributed by atoms with van der Waals surface area (Å²) >= 11 is 5.79. The van der Waals surface area contributed by atoms with E-state index in [9.17, 15) is 0 Å². The summed E-state index contributed by atoms with van der Waals surface area (Å²) < 4.78 is 0. The molecule has 0 aromatic rings. The third kappa shape index (κ3) is 5.51. The van der Waals surface area contributed by atoms with Crippen LogP contribution in [0.25, 0.3) is 0 Å².